The highest BCUT2D eigenvalue weighted by Crippen LogP contribution is 2.21. The number of ether oxygens (including phenoxy) is 2. The number of amides is 1. The summed E-state index contributed by atoms with van der Waals surface area (Å²) >= 11 is 0. The molecule has 100 valence electrons. The molecule has 2 rings (SSSR count). The maximum atomic E-state index is 12.1. The Morgan fingerprint density at radius 2 is 2.56 bits per heavy atom. The summed E-state index contributed by atoms with van der Waals surface area (Å²) in [6.45, 7) is 6.09. The van der Waals surface area contributed by atoms with Crippen LogP contribution in [0.1, 0.15) is 24.5 Å². The number of aromatic amines is 1. The van der Waals surface area contributed by atoms with Gasteiger partial charge in [0.25, 0.3) is 0 Å². The van der Waals surface area contributed by atoms with Crippen LogP contribution in [0.15, 0.2) is 6.20 Å². The molecule has 6 nitrogen and oxygen atoms in total. The number of H-pyrrole nitrogens is 1. The Labute approximate surface area is 106 Å². The minimum Gasteiger partial charge on any atom is -0.377 e. The van der Waals surface area contributed by atoms with Crippen LogP contribution >= 0.6 is 0 Å². The topological polar surface area (TPSA) is 67.4 Å². The van der Waals surface area contributed by atoms with Crippen molar-refractivity contribution in [3.05, 3.63) is 17.7 Å². The van der Waals surface area contributed by atoms with Gasteiger partial charge in [-0.25, -0.2) is 4.98 Å². The standard InChI is InChI=1S/C12H19N3O3/c1-3-17-8-11(16)15-4-5-18-7-10(15)12-13-6-9(2)14-12/h6,10H,3-5,7-8H2,1-2H3,(H,13,14). The molecule has 1 aliphatic rings. The van der Waals surface area contributed by atoms with Crippen molar-refractivity contribution < 1.29 is 14.3 Å². The van der Waals surface area contributed by atoms with Crippen molar-refractivity contribution in [2.45, 2.75) is 19.9 Å². The molecule has 18 heavy (non-hydrogen) atoms. The van der Waals surface area contributed by atoms with Gasteiger partial charge < -0.3 is 19.4 Å². The lowest BCUT2D eigenvalue weighted by molar-refractivity contribution is -0.145. The van der Waals surface area contributed by atoms with Crippen LogP contribution in [0, 0.1) is 6.92 Å². The Kier molecular flexibility index (Phi) is 4.33. The first-order valence-electron chi connectivity index (χ1n) is 6.18. The molecule has 1 unspecified atom stereocenters. The normalized spacial score (nSPS) is 20.1. The second-order valence-corrected chi connectivity index (χ2v) is 4.27. The minimum atomic E-state index is -0.139. The first-order chi connectivity index (χ1) is 8.72. The zero-order valence-electron chi connectivity index (χ0n) is 10.8. The number of rotatable bonds is 4. The average Bonchev–Trinajstić information content (AvgIpc) is 2.82. The van der Waals surface area contributed by atoms with E-state index >= 15 is 0 Å². The summed E-state index contributed by atoms with van der Waals surface area (Å²) < 4.78 is 10.6. The van der Waals surface area contributed by atoms with Gasteiger partial charge in [0.05, 0.1) is 13.2 Å². The smallest absolute Gasteiger partial charge is 0.249 e. The van der Waals surface area contributed by atoms with E-state index in [0.717, 1.165) is 11.5 Å². The lowest BCUT2D eigenvalue weighted by atomic mass is 10.2. The number of aromatic nitrogens is 2. The summed E-state index contributed by atoms with van der Waals surface area (Å²) in [5.74, 6) is 0.760. The molecule has 2 heterocycles. The summed E-state index contributed by atoms with van der Waals surface area (Å²) in [6, 6.07) is -0.139. The van der Waals surface area contributed by atoms with Gasteiger partial charge in [-0.05, 0) is 13.8 Å². The first kappa shape index (κ1) is 13.0. The maximum absolute atomic E-state index is 12.1. The number of hydrogen-bond donors (Lipinski definition) is 1. The van der Waals surface area contributed by atoms with E-state index in [4.69, 9.17) is 9.47 Å². The molecule has 0 aromatic carbocycles. The number of hydrogen-bond acceptors (Lipinski definition) is 4. The van der Waals surface area contributed by atoms with Crippen LogP contribution < -0.4 is 0 Å². The molecule has 1 fully saturated rings. The lowest BCUT2D eigenvalue weighted by Crippen LogP contribution is -2.45. The van der Waals surface area contributed by atoms with Gasteiger partial charge in [0, 0.05) is 25.0 Å². The average molecular weight is 253 g/mol. The molecular weight excluding hydrogens is 234 g/mol. The molecular formula is C12H19N3O3. The first-order valence-corrected chi connectivity index (χ1v) is 6.18. The van der Waals surface area contributed by atoms with Gasteiger partial charge in [0.2, 0.25) is 5.91 Å². The van der Waals surface area contributed by atoms with E-state index in [0.29, 0.717) is 26.4 Å². The van der Waals surface area contributed by atoms with E-state index < -0.39 is 0 Å². The van der Waals surface area contributed by atoms with Gasteiger partial charge in [0.1, 0.15) is 18.5 Å². The van der Waals surface area contributed by atoms with Gasteiger partial charge in [-0.3, -0.25) is 4.79 Å². The van der Waals surface area contributed by atoms with Gasteiger partial charge in [-0.2, -0.15) is 0 Å². The number of aryl methyl sites for hydroxylation is 1. The van der Waals surface area contributed by atoms with Crippen LogP contribution in [0.3, 0.4) is 0 Å². The largest absolute Gasteiger partial charge is 0.377 e. The number of nitrogens with one attached hydrogen (secondary N) is 1. The third-order valence-electron chi connectivity index (χ3n) is 2.92. The molecule has 0 saturated carbocycles. The molecule has 0 spiro atoms. The molecule has 1 aromatic heterocycles. The van der Waals surface area contributed by atoms with Crippen molar-refractivity contribution in [1.82, 2.24) is 14.9 Å². The molecule has 0 bridgehead atoms. The molecule has 0 radical (unpaired) electrons. The van der Waals surface area contributed by atoms with Crippen molar-refractivity contribution >= 4 is 5.91 Å². The highest BCUT2D eigenvalue weighted by atomic mass is 16.5. The Morgan fingerprint density at radius 1 is 1.72 bits per heavy atom. The van der Waals surface area contributed by atoms with Crippen molar-refractivity contribution in [1.29, 1.82) is 0 Å². The zero-order valence-corrected chi connectivity index (χ0v) is 10.8. The Hall–Kier alpha value is -1.40. The van der Waals surface area contributed by atoms with Crippen LogP contribution in [-0.4, -0.2) is 53.7 Å². The van der Waals surface area contributed by atoms with Gasteiger partial charge in [-0.15, -0.1) is 0 Å². The minimum absolute atomic E-state index is 0.0146. The van der Waals surface area contributed by atoms with E-state index in [1.807, 2.05) is 13.8 Å². The molecule has 1 atom stereocenters. The number of nitrogens with zero attached hydrogens (tertiary/aromatic N) is 2. The zero-order chi connectivity index (χ0) is 13.0. The Bertz CT molecular complexity index is 405. The van der Waals surface area contributed by atoms with Crippen molar-refractivity contribution in [2.24, 2.45) is 0 Å². The van der Waals surface area contributed by atoms with Gasteiger partial charge >= 0.3 is 0 Å². The third-order valence-corrected chi connectivity index (χ3v) is 2.92. The van der Waals surface area contributed by atoms with Crippen LogP contribution in [0.4, 0.5) is 0 Å². The summed E-state index contributed by atoms with van der Waals surface area (Å²) in [7, 11) is 0. The molecule has 1 N–H and O–H groups in total. The second kappa shape index (κ2) is 5.97. The Balaban J connectivity index is 2.08. The van der Waals surface area contributed by atoms with Crippen LogP contribution in [-0.2, 0) is 14.3 Å². The molecule has 6 heteroatoms. The van der Waals surface area contributed by atoms with Crippen molar-refractivity contribution in [3.8, 4) is 0 Å². The van der Waals surface area contributed by atoms with Crippen LogP contribution in [0.2, 0.25) is 0 Å². The Morgan fingerprint density at radius 3 is 3.22 bits per heavy atom. The summed E-state index contributed by atoms with van der Waals surface area (Å²) in [4.78, 5) is 21.3. The molecule has 1 aromatic rings. The molecule has 1 aliphatic heterocycles. The molecule has 1 saturated heterocycles. The van der Waals surface area contributed by atoms with Crippen LogP contribution in [0.25, 0.3) is 0 Å². The van der Waals surface area contributed by atoms with Crippen molar-refractivity contribution in [2.75, 3.05) is 33.0 Å². The predicted octanol–water partition coefficient (Wildman–Crippen LogP) is 0.655. The fourth-order valence-electron chi connectivity index (χ4n) is 2.00. The number of morpholine rings is 1. The fourth-order valence-corrected chi connectivity index (χ4v) is 2.00. The number of carbonyl (C=O) groups excluding carboxylic acids is 1. The SMILES string of the molecule is CCOCC(=O)N1CCOCC1c1ncc(C)[nH]1. The number of imidazole rings is 1. The van der Waals surface area contributed by atoms with Crippen LogP contribution in [0.5, 0.6) is 0 Å². The van der Waals surface area contributed by atoms with E-state index in [1.54, 1.807) is 11.1 Å². The predicted molar refractivity (Wildman–Crippen MR) is 65.1 cm³/mol. The number of carbonyl (C=O) groups is 1. The third kappa shape index (κ3) is 2.88. The fraction of sp³-hybridized carbons (Fsp3) is 0.667. The quantitative estimate of drug-likeness (QED) is 0.855. The highest BCUT2D eigenvalue weighted by Gasteiger charge is 2.30. The maximum Gasteiger partial charge on any atom is 0.249 e. The summed E-state index contributed by atoms with van der Waals surface area (Å²) in [5, 5.41) is 0. The van der Waals surface area contributed by atoms with Crippen molar-refractivity contribution in [3.63, 3.8) is 0 Å². The summed E-state index contributed by atoms with van der Waals surface area (Å²) in [5.41, 5.74) is 0.979. The van der Waals surface area contributed by atoms with E-state index in [2.05, 4.69) is 9.97 Å². The molecule has 0 aliphatic carbocycles. The molecule has 1 amide bonds. The highest BCUT2D eigenvalue weighted by molar-refractivity contribution is 5.78. The van der Waals surface area contributed by atoms with E-state index in [-0.39, 0.29) is 18.6 Å². The summed E-state index contributed by atoms with van der Waals surface area (Å²) in [6.07, 6.45) is 1.76. The lowest BCUT2D eigenvalue weighted by Gasteiger charge is -2.34. The van der Waals surface area contributed by atoms with E-state index in [1.165, 1.54) is 0 Å². The van der Waals surface area contributed by atoms with Gasteiger partial charge in [0.15, 0.2) is 0 Å². The van der Waals surface area contributed by atoms with E-state index in [9.17, 15) is 4.79 Å². The monoisotopic (exact) mass is 253 g/mol. The second-order valence-electron chi connectivity index (χ2n) is 4.27. The van der Waals surface area contributed by atoms with Gasteiger partial charge in [-0.1, -0.05) is 0 Å².